The van der Waals surface area contributed by atoms with E-state index in [9.17, 15) is 9.90 Å². The highest BCUT2D eigenvalue weighted by Crippen LogP contribution is 2.37. The Kier molecular flexibility index (Phi) is 9.31. The summed E-state index contributed by atoms with van der Waals surface area (Å²) in [6.07, 6.45) is 4.68. The molecular formula is C25H32Cl2N8O5. The highest BCUT2D eigenvalue weighted by molar-refractivity contribution is 5.96. The van der Waals surface area contributed by atoms with Crippen LogP contribution >= 0.6 is 24.8 Å². The van der Waals surface area contributed by atoms with Gasteiger partial charge in [-0.1, -0.05) is 0 Å². The molecule has 2 unspecified atom stereocenters. The van der Waals surface area contributed by atoms with Crippen LogP contribution in [0.3, 0.4) is 0 Å². The summed E-state index contributed by atoms with van der Waals surface area (Å²) in [5.74, 6) is 1.16. The predicted octanol–water partition coefficient (Wildman–Crippen LogP) is 1.03. The van der Waals surface area contributed by atoms with Gasteiger partial charge in [0, 0.05) is 50.5 Å². The van der Waals surface area contributed by atoms with Crippen LogP contribution < -0.4 is 26.1 Å². The first-order valence-corrected chi connectivity index (χ1v) is 12.7. The van der Waals surface area contributed by atoms with E-state index in [4.69, 9.17) is 19.9 Å². The van der Waals surface area contributed by atoms with Crippen molar-refractivity contribution in [3.8, 4) is 11.5 Å². The van der Waals surface area contributed by atoms with Gasteiger partial charge in [-0.15, -0.1) is 24.8 Å². The number of nitrogen functional groups attached to an aromatic ring is 1. The molecule has 6 rings (SSSR count). The minimum absolute atomic E-state index is 0. The van der Waals surface area contributed by atoms with Gasteiger partial charge < -0.3 is 30.4 Å². The first-order valence-electron chi connectivity index (χ1n) is 12.7. The molecule has 2 fully saturated rings. The lowest BCUT2D eigenvalue weighted by Gasteiger charge is -2.33. The molecule has 0 radical (unpaired) electrons. The van der Waals surface area contributed by atoms with Crippen molar-refractivity contribution in [2.75, 3.05) is 50.9 Å². The molecule has 3 aromatic rings. The van der Waals surface area contributed by atoms with Gasteiger partial charge in [0.1, 0.15) is 24.0 Å². The summed E-state index contributed by atoms with van der Waals surface area (Å²) < 4.78 is 19.4. The number of β-amino-alcohol motifs (C(OH)–C–C–N with tert-alkyl or cyclic N) is 1. The topological polar surface area (TPSA) is 162 Å². The van der Waals surface area contributed by atoms with Gasteiger partial charge in [-0.2, -0.15) is 4.99 Å². The van der Waals surface area contributed by atoms with Crippen molar-refractivity contribution in [2.24, 2.45) is 4.99 Å². The number of ether oxygens (including phenoxy) is 3. The Morgan fingerprint density at radius 1 is 1.25 bits per heavy atom. The number of carbonyl (C=O) groups is 1. The minimum atomic E-state index is -0.677. The number of nitrogens with one attached hydrogen (secondary N) is 1. The van der Waals surface area contributed by atoms with Crippen molar-refractivity contribution in [1.29, 1.82) is 0 Å². The van der Waals surface area contributed by atoms with Crippen LogP contribution in [0.2, 0.25) is 0 Å². The van der Waals surface area contributed by atoms with Crippen LogP contribution in [-0.2, 0) is 11.3 Å². The molecule has 0 aliphatic carbocycles. The van der Waals surface area contributed by atoms with Gasteiger partial charge in [0.05, 0.1) is 24.9 Å². The first-order chi connectivity index (χ1) is 18.5. The Morgan fingerprint density at radius 2 is 1.98 bits per heavy atom. The Bertz CT molecular complexity index is 1430. The van der Waals surface area contributed by atoms with E-state index in [1.165, 1.54) is 19.5 Å². The molecule has 15 heteroatoms. The number of benzene rings is 1. The fourth-order valence-electron chi connectivity index (χ4n) is 5.33. The standard InChI is InChI=1S/C25H30N8O5.2ClH/c1-36-21-19(37-13-15(34)10-32-11-16-2-3-17(12-32)38-16)5-4-18-20(21)30-25(33-7-6-27-22(18)33)31-23(35)14-8-28-24(26)29-9-14;;/h4-5,8-9,15-17,27,34H,2-3,6-7,10-13H2,1H3,(H2,26,28,29);2*1H/t15-,16?,17?;;/m1../s1. The molecule has 1 amide bonds. The number of halogens is 2. The third-order valence-electron chi connectivity index (χ3n) is 7.05. The molecule has 0 saturated carbocycles. The molecule has 0 spiro atoms. The second kappa shape index (κ2) is 12.5. The average Bonchev–Trinajstić information content (AvgIpc) is 3.54. The van der Waals surface area contributed by atoms with E-state index in [0.717, 1.165) is 37.1 Å². The number of amides is 1. The van der Waals surface area contributed by atoms with Crippen molar-refractivity contribution in [3.63, 3.8) is 0 Å². The number of fused-ring (bicyclic) bond motifs is 5. The van der Waals surface area contributed by atoms with Crippen molar-refractivity contribution in [3.05, 3.63) is 35.7 Å². The summed E-state index contributed by atoms with van der Waals surface area (Å²) in [5, 5.41) is 14.8. The third kappa shape index (κ3) is 5.93. The third-order valence-corrected chi connectivity index (χ3v) is 7.05. The van der Waals surface area contributed by atoms with E-state index >= 15 is 0 Å². The summed E-state index contributed by atoms with van der Waals surface area (Å²) in [6, 6.07) is 3.69. The maximum absolute atomic E-state index is 12.8. The van der Waals surface area contributed by atoms with Crippen LogP contribution in [0.1, 0.15) is 23.2 Å². The first kappa shape index (κ1) is 29.7. The van der Waals surface area contributed by atoms with Gasteiger partial charge >= 0.3 is 0 Å². The van der Waals surface area contributed by atoms with Gasteiger partial charge in [0.25, 0.3) is 5.91 Å². The maximum Gasteiger partial charge on any atom is 0.283 e. The number of morpholine rings is 1. The molecule has 2 saturated heterocycles. The molecular weight excluding hydrogens is 563 g/mol. The molecule has 2 aromatic heterocycles. The largest absolute Gasteiger partial charge is 0.491 e. The number of aliphatic hydroxyl groups excluding tert-OH is 1. The number of nitrogens with zero attached hydrogens (tertiary/aromatic N) is 6. The molecule has 2 bridgehead atoms. The number of aliphatic hydroxyl groups is 1. The smallest absolute Gasteiger partial charge is 0.283 e. The van der Waals surface area contributed by atoms with Gasteiger partial charge in [-0.05, 0) is 25.0 Å². The SMILES string of the molecule is COc1c(OC[C@H](O)CN2CC3CCC(C2)O3)ccc2c3n(c(=NC(=O)c4cnc(N)nc4)nc12)CCN3.Cl.Cl. The van der Waals surface area contributed by atoms with Gasteiger partial charge in [0.2, 0.25) is 11.6 Å². The van der Waals surface area contributed by atoms with Gasteiger partial charge in [-0.25, -0.2) is 15.0 Å². The molecule has 3 atom stereocenters. The summed E-state index contributed by atoms with van der Waals surface area (Å²) in [4.78, 5) is 31.7. The number of likely N-dealkylation sites (tertiary alicyclic amines) is 1. The average molecular weight is 595 g/mol. The Balaban J connectivity index is 0.00000185. The summed E-state index contributed by atoms with van der Waals surface area (Å²) in [7, 11) is 1.53. The number of hydrogen-bond donors (Lipinski definition) is 3. The second-order valence-corrected chi connectivity index (χ2v) is 9.72. The van der Waals surface area contributed by atoms with Crippen molar-refractivity contribution >= 4 is 53.4 Å². The summed E-state index contributed by atoms with van der Waals surface area (Å²) >= 11 is 0. The molecule has 13 nitrogen and oxygen atoms in total. The zero-order valence-electron chi connectivity index (χ0n) is 21.9. The van der Waals surface area contributed by atoms with E-state index in [1.807, 2.05) is 10.6 Å². The fraction of sp³-hybridized carbons (Fsp3) is 0.480. The normalized spacial score (nSPS) is 20.7. The van der Waals surface area contributed by atoms with E-state index in [1.54, 1.807) is 6.07 Å². The van der Waals surface area contributed by atoms with E-state index in [2.05, 4.69) is 30.2 Å². The van der Waals surface area contributed by atoms with Crippen LogP contribution in [0.25, 0.3) is 10.9 Å². The molecule has 1 aromatic carbocycles. The van der Waals surface area contributed by atoms with Crippen LogP contribution in [0.15, 0.2) is 29.5 Å². The van der Waals surface area contributed by atoms with Crippen LogP contribution in [0, 0.1) is 0 Å². The summed E-state index contributed by atoms with van der Waals surface area (Å²) in [5.41, 5.74) is 6.44. The van der Waals surface area contributed by atoms with E-state index in [0.29, 0.717) is 36.6 Å². The van der Waals surface area contributed by atoms with Crippen LogP contribution in [0.4, 0.5) is 11.8 Å². The van der Waals surface area contributed by atoms with Crippen molar-refractivity contribution < 1.29 is 24.1 Å². The number of anilines is 2. The molecule has 3 aliphatic rings. The predicted molar refractivity (Wildman–Crippen MR) is 151 cm³/mol. The zero-order chi connectivity index (χ0) is 26.2. The number of aromatic nitrogens is 4. The molecule has 3 aliphatic heterocycles. The monoisotopic (exact) mass is 594 g/mol. The van der Waals surface area contributed by atoms with Crippen LogP contribution in [-0.4, -0.2) is 93.6 Å². The van der Waals surface area contributed by atoms with Crippen LogP contribution in [0.5, 0.6) is 11.5 Å². The van der Waals surface area contributed by atoms with Crippen molar-refractivity contribution in [1.82, 2.24) is 24.4 Å². The lowest BCUT2D eigenvalue weighted by atomic mass is 10.2. The second-order valence-electron chi connectivity index (χ2n) is 9.72. The Labute approximate surface area is 242 Å². The van der Waals surface area contributed by atoms with E-state index in [-0.39, 0.29) is 60.8 Å². The number of rotatable bonds is 7. The Hall–Kier alpha value is -3.23. The molecule has 40 heavy (non-hydrogen) atoms. The number of carbonyl (C=O) groups excluding carboxylic acids is 1. The van der Waals surface area contributed by atoms with Gasteiger partial charge in [0.15, 0.2) is 11.5 Å². The van der Waals surface area contributed by atoms with E-state index < -0.39 is 12.0 Å². The highest BCUT2D eigenvalue weighted by atomic mass is 35.5. The number of methoxy groups -OCH3 is 1. The molecule has 216 valence electrons. The lowest BCUT2D eigenvalue weighted by Crippen LogP contribution is -2.46. The molecule has 4 N–H and O–H groups in total. The number of nitrogens with two attached hydrogens (primary N) is 1. The van der Waals surface area contributed by atoms with Gasteiger partial charge in [-0.3, -0.25) is 14.3 Å². The zero-order valence-corrected chi connectivity index (χ0v) is 23.5. The summed E-state index contributed by atoms with van der Waals surface area (Å²) in [6.45, 7) is 3.54. The quantitative estimate of drug-likeness (QED) is 0.358. The fourth-order valence-corrected chi connectivity index (χ4v) is 5.33. The lowest BCUT2D eigenvalue weighted by molar-refractivity contribution is -0.0529. The van der Waals surface area contributed by atoms with Crippen molar-refractivity contribution in [2.45, 2.75) is 37.7 Å². The Morgan fingerprint density at radius 3 is 2.67 bits per heavy atom. The number of hydrogen-bond acceptors (Lipinski definition) is 11. The maximum atomic E-state index is 12.8. The minimum Gasteiger partial charge on any atom is -0.491 e. The highest BCUT2D eigenvalue weighted by Gasteiger charge is 2.34. The molecule has 5 heterocycles.